The first-order valence-electron chi connectivity index (χ1n) is 10.4. The summed E-state index contributed by atoms with van der Waals surface area (Å²) in [6, 6.07) is 5.84. The maximum absolute atomic E-state index is 13.0. The zero-order chi connectivity index (χ0) is 22.9. The van der Waals surface area contributed by atoms with E-state index in [4.69, 9.17) is 4.74 Å². The largest absolute Gasteiger partial charge is 0.461 e. The van der Waals surface area contributed by atoms with Gasteiger partial charge in [0.05, 0.1) is 11.5 Å². The van der Waals surface area contributed by atoms with Gasteiger partial charge in [-0.25, -0.2) is 18.2 Å². The summed E-state index contributed by atoms with van der Waals surface area (Å²) in [6.07, 6.45) is 3.41. The van der Waals surface area contributed by atoms with Gasteiger partial charge >= 0.3 is 5.97 Å². The van der Waals surface area contributed by atoms with Gasteiger partial charge in [0.2, 0.25) is 10.0 Å². The number of carbonyl (C=O) groups is 2. The average molecular weight is 468 g/mol. The van der Waals surface area contributed by atoms with E-state index in [0.29, 0.717) is 18.7 Å². The minimum atomic E-state index is -3.62. The van der Waals surface area contributed by atoms with E-state index in [1.807, 2.05) is 13.8 Å². The van der Waals surface area contributed by atoms with Gasteiger partial charge in [-0.3, -0.25) is 10.1 Å². The summed E-state index contributed by atoms with van der Waals surface area (Å²) in [5, 5.41) is 4.38. The SMILES string of the molecule is CCCCN(CCCC)S(=O)(=O)c1ccc(C(=O)Nc2nc(C(=O)OCC)cs2)cc1. The first kappa shape index (κ1) is 25.0. The molecule has 170 valence electrons. The quantitative estimate of drug-likeness (QED) is 0.470. The van der Waals surface area contributed by atoms with Gasteiger partial charge in [0.15, 0.2) is 10.8 Å². The predicted molar refractivity (Wildman–Crippen MR) is 121 cm³/mol. The third-order valence-corrected chi connectivity index (χ3v) is 7.16. The number of esters is 1. The standard InChI is InChI=1S/C21H29N3O5S2/c1-4-7-13-24(14-8-5-2)31(27,28)17-11-9-16(10-12-17)19(25)23-21-22-18(15-30-21)20(26)29-6-3/h9-12,15H,4-8,13-14H2,1-3H3,(H,22,23,25). The van der Waals surface area contributed by atoms with Crippen molar-refractivity contribution >= 4 is 38.4 Å². The van der Waals surface area contributed by atoms with Crippen LogP contribution in [-0.2, 0) is 14.8 Å². The molecule has 0 fully saturated rings. The summed E-state index contributed by atoms with van der Waals surface area (Å²) in [7, 11) is -3.62. The first-order chi connectivity index (χ1) is 14.8. The fourth-order valence-corrected chi connectivity index (χ4v) is 4.94. The van der Waals surface area contributed by atoms with Gasteiger partial charge in [0, 0.05) is 24.0 Å². The summed E-state index contributed by atoms with van der Waals surface area (Å²) in [4.78, 5) is 28.4. The lowest BCUT2D eigenvalue weighted by atomic mass is 10.2. The van der Waals surface area contributed by atoms with Crippen LogP contribution in [0.2, 0.25) is 0 Å². The Morgan fingerprint density at radius 1 is 1.06 bits per heavy atom. The molecule has 1 amide bonds. The number of anilines is 1. The number of nitrogens with zero attached hydrogens (tertiary/aromatic N) is 2. The van der Waals surface area contributed by atoms with Crippen LogP contribution in [-0.4, -0.2) is 49.3 Å². The minimum absolute atomic E-state index is 0.128. The lowest BCUT2D eigenvalue weighted by molar-refractivity contribution is 0.0520. The Balaban J connectivity index is 2.10. The summed E-state index contributed by atoms with van der Waals surface area (Å²) in [5.74, 6) is -0.993. The number of hydrogen-bond donors (Lipinski definition) is 1. The zero-order valence-electron chi connectivity index (χ0n) is 18.1. The topological polar surface area (TPSA) is 106 Å². The molecule has 8 nitrogen and oxygen atoms in total. The van der Waals surface area contributed by atoms with Crippen molar-refractivity contribution in [1.29, 1.82) is 0 Å². The number of aromatic nitrogens is 1. The lowest BCUT2D eigenvalue weighted by Crippen LogP contribution is -2.33. The number of unbranched alkanes of at least 4 members (excludes halogenated alkanes) is 2. The Bertz CT molecular complexity index is 963. The van der Waals surface area contributed by atoms with E-state index in [2.05, 4.69) is 10.3 Å². The number of sulfonamides is 1. The second-order valence-corrected chi connectivity index (χ2v) is 9.64. The molecule has 0 radical (unpaired) electrons. The number of amides is 1. The molecule has 0 bridgehead atoms. The monoisotopic (exact) mass is 467 g/mol. The third kappa shape index (κ3) is 6.84. The third-order valence-electron chi connectivity index (χ3n) is 4.49. The normalized spacial score (nSPS) is 11.5. The molecule has 1 heterocycles. The van der Waals surface area contributed by atoms with E-state index < -0.39 is 21.9 Å². The molecule has 0 atom stereocenters. The van der Waals surface area contributed by atoms with Crippen LogP contribution >= 0.6 is 11.3 Å². The van der Waals surface area contributed by atoms with Crippen LogP contribution in [0.25, 0.3) is 0 Å². The predicted octanol–water partition coefficient (Wildman–Crippen LogP) is 4.16. The van der Waals surface area contributed by atoms with Crippen molar-refractivity contribution in [2.45, 2.75) is 51.3 Å². The van der Waals surface area contributed by atoms with Crippen LogP contribution in [0, 0.1) is 0 Å². The first-order valence-corrected chi connectivity index (χ1v) is 12.7. The molecule has 31 heavy (non-hydrogen) atoms. The van der Waals surface area contributed by atoms with Crippen molar-refractivity contribution in [2.75, 3.05) is 25.0 Å². The Hall–Kier alpha value is -2.30. The van der Waals surface area contributed by atoms with Gasteiger partial charge in [-0.05, 0) is 44.0 Å². The second kappa shape index (κ2) is 11.9. The molecule has 0 saturated carbocycles. The van der Waals surface area contributed by atoms with Crippen LogP contribution in [0.5, 0.6) is 0 Å². The summed E-state index contributed by atoms with van der Waals surface area (Å²) in [6.45, 7) is 6.94. The Kier molecular flexibility index (Phi) is 9.60. The van der Waals surface area contributed by atoms with Crippen LogP contribution in [0.3, 0.4) is 0 Å². The van der Waals surface area contributed by atoms with Crippen molar-refractivity contribution in [3.05, 3.63) is 40.9 Å². The molecule has 10 heteroatoms. The molecule has 1 N–H and O–H groups in total. The minimum Gasteiger partial charge on any atom is -0.461 e. The smallest absolute Gasteiger partial charge is 0.357 e. The average Bonchev–Trinajstić information content (AvgIpc) is 3.22. The summed E-state index contributed by atoms with van der Waals surface area (Å²) >= 11 is 1.11. The van der Waals surface area contributed by atoms with E-state index in [1.165, 1.54) is 34.0 Å². The fourth-order valence-electron chi connectivity index (χ4n) is 2.75. The number of nitrogens with one attached hydrogen (secondary N) is 1. The summed E-state index contributed by atoms with van der Waals surface area (Å²) < 4.78 is 32.4. The van der Waals surface area contributed by atoms with Crippen LogP contribution < -0.4 is 5.32 Å². The van der Waals surface area contributed by atoms with E-state index in [0.717, 1.165) is 37.0 Å². The van der Waals surface area contributed by atoms with Gasteiger partial charge in [-0.15, -0.1) is 11.3 Å². The van der Waals surface area contributed by atoms with E-state index in [9.17, 15) is 18.0 Å². The maximum atomic E-state index is 13.0. The van der Waals surface area contributed by atoms with Crippen molar-refractivity contribution < 1.29 is 22.7 Å². The highest BCUT2D eigenvalue weighted by atomic mass is 32.2. The molecule has 2 rings (SSSR count). The van der Waals surface area contributed by atoms with Gasteiger partial charge in [0.25, 0.3) is 5.91 Å². The van der Waals surface area contributed by atoms with Crippen molar-refractivity contribution in [3.8, 4) is 0 Å². The van der Waals surface area contributed by atoms with Gasteiger partial charge in [0.1, 0.15) is 0 Å². The molecular formula is C21H29N3O5S2. The molecule has 2 aromatic rings. The highest BCUT2D eigenvalue weighted by molar-refractivity contribution is 7.89. The van der Waals surface area contributed by atoms with Crippen LogP contribution in [0.4, 0.5) is 5.13 Å². The highest BCUT2D eigenvalue weighted by Crippen LogP contribution is 2.20. The Morgan fingerprint density at radius 2 is 1.68 bits per heavy atom. The van der Waals surface area contributed by atoms with Crippen LogP contribution in [0.1, 0.15) is 67.3 Å². The molecule has 0 unspecified atom stereocenters. The lowest BCUT2D eigenvalue weighted by Gasteiger charge is -2.22. The summed E-state index contributed by atoms with van der Waals surface area (Å²) in [5.41, 5.74) is 0.420. The van der Waals surface area contributed by atoms with Crippen molar-refractivity contribution in [1.82, 2.24) is 9.29 Å². The molecule has 0 aliphatic carbocycles. The number of ether oxygens (including phenoxy) is 1. The van der Waals surface area contributed by atoms with Crippen LogP contribution in [0.15, 0.2) is 34.5 Å². The Labute approximate surface area is 187 Å². The van der Waals surface area contributed by atoms with E-state index >= 15 is 0 Å². The molecule has 0 spiro atoms. The van der Waals surface area contributed by atoms with Crippen molar-refractivity contribution in [2.24, 2.45) is 0 Å². The number of thiazole rings is 1. The molecule has 1 aromatic heterocycles. The van der Waals surface area contributed by atoms with Gasteiger partial charge in [-0.1, -0.05) is 26.7 Å². The van der Waals surface area contributed by atoms with Gasteiger partial charge < -0.3 is 4.74 Å². The molecule has 1 aromatic carbocycles. The zero-order valence-corrected chi connectivity index (χ0v) is 19.7. The number of rotatable bonds is 12. The van der Waals surface area contributed by atoms with E-state index in [1.54, 1.807) is 6.92 Å². The van der Waals surface area contributed by atoms with E-state index in [-0.39, 0.29) is 22.3 Å². The number of benzene rings is 1. The maximum Gasteiger partial charge on any atom is 0.357 e. The molecule has 0 aliphatic heterocycles. The van der Waals surface area contributed by atoms with Crippen molar-refractivity contribution in [3.63, 3.8) is 0 Å². The molecule has 0 saturated heterocycles. The number of hydrogen-bond acceptors (Lipinski definition) is 7. The second-order valence-electron chi connectivity index (χ2n) is 6.85. The number of carbonyl (C=O) groups excluding carboxylic acids is 2. The molecule has 0 aliphatic rings. The highest BCUT2D eigenvalue weighted by Gasteiger charge is 2.24. The Morgan fingerprint density at radius 3 is 2.23 bits per heavy atom. The van der Waals surface area contributed by atoms with Gasteiger partial charge in [-0.2, -0.15) is 4.31 Å². The fraction of sp³-hybridized carbons (Fsp3) is 0.476. The molecular weight excluding hydrogens is 438 g/mol.